The molecule has 1 aromatic carbocycles. The molecule has 0 spiro atoms. The van der Waals surface area contributed by atoms with E-state index in [1.165, 1.54) is 12.1 Å². The second-order valence-corrected chi connectivity index (χ2v) is 2.40. The Labute approximate surface area is 68.0 Å². The van der Waals surface area contributed by atoms with Crippen LogP contribution >= 0.6 is 0 Å². The summed E-state index contributed by atoms with van der Waals surface area (Å²) in [4.78, 5) is 0. The molecule has 0 fully saturated rings. The highest BCUT2D eigenvalue weighted by Gasteiger charge is 2.13. The van der Waals surface area contributed by atoms with Crippen LogP contribution in [0.4, 0.5) is 13.2 Å². The van der Waals surface area contributed by atoms with Crippen LogP contribution in [0.25, 0.3) is 0 Å². The Balaban J connectivity index is 3.07. The van der Waals surface area contributed by atoms with Gasteiger partial charge in [-0.1, -0.05) is 12.1 Å². The third-order valence-corrected chi connectivity index (χ3v) is 1.55. The Kier molecular flexibility index (Phi) is 2.70. The summed E-state index contributed by atoms with van der Waals surface area (Å²) in [7, 11) is 0. The van der Waals surface area contributed by atoms with E-state index < -0.39 is 24.4 Å². The fourth-order valence-corrected chi connectivity index (χ4v) is 0.890. The maximum absolute atomic E-state index is 12.8. The van der Waals surface area contributed by atoms with Gasteiger partial charge in [0.1, 0.15) is 6.67 Å². The zero-order valence-corrected chi connectivity index (χ0v) is 6.23. The number of nitrogens with two attached hydrogens (primary N) is 1. The van der Waals surface area contributed by atoms with E-state index in [1.54, 1.807) is 0 Å². The quantitative estimate of drug-likeness (QED) is 0.730. The lowest BCUT2D eigenvalue weighted by Crippen LogP contribution is -2.14. The normalized spacial score (nSPS) is 13.0. The molecule has 0 aliphatic rings. The van der Waals surface area contributed by atoms with Crippen molar-refractivity contribution >= 4 is 0 Å². The Morgan fingerprint density at radius 1 is 1.33 bits per heavy atom. The van der Waals surface area contributed by atoms with Crippen LogP contribution in [0.2, 0.25) is 0 Å². The lowest BCUT2D eigenvalue weighted by atomic mass is 10.1. The maximum atomic E-state index is 12.8. The molecule has 1 aromatic rings. The van der Waals surface area contributed by atoms with Crippen LogP contribution in [0.3, 0.4) is 0 Å². The van der Waals surface area contributed by atoms with Crippen molar-refractivity contribution < 1.29 is 13.2 Å². The standard InChI is InChI=1S/C8H8F3N/c9-4-7(12)5-2-1-3-6(10)8(5)11/h1-3,7H,4,12H2/t7-/m1/s1. The molecule has 1 rings (SSSR count). The molecule has 12 heavy (non-hydrogen) atoms. The third-order valence-electron chi connectivity index (χ3n) is 1.55. The zero-order chi connectivity index (χ0) is 9.14. The van der Waals surface area contributed by atoms with Gasteiger partial charge < -0.3 is 5.73 Å². The van der Waals surface area contributed by atoms with Crippen molar-refractivity contribution in [1.82, 2.24) is 0 Å². The third kappa shape index (κ3) is 1.58. The summed E-state index contributed by atoms with van der Waals surface area (Å²) >= 11 is 0. The van der Waals surface area contributed by atoms with Gasteiger partial charge in [-0.25, -0.2) is 13.2 Å². The van der Waals surface area contributed by atoms with E-state index in [9.17, 15) is 13.2 Å². The van der Waals surface area contributed by atoms with Crippen molar-refractivity contribution in [2.24, 2.45) is 5.73 Å². The topological polar surface area (TPSA) is 26.0 Å². The van der Waals surface area contributed by atoms with Crippen LogP contribution in [0, 0.1) is 11.6 Å². The Morgan fingerprint density at radius 2 is 2.00 bits per heavy atom. The molecule has 0 saturated carbocycles. The molecule has 0 aliphatic carbocycles. The number of halogens is 3. The van der Waals surface area contributed by atoms with Gasteiger partial charge in [0.05, 0.1) is 6.04 Å². The first-order chi connectivity index (χ1) is 5.66. The smallest absolute Gasteiger partial charge is 0.163 e. The molecule has 4 heteroatoms. The Morgan fingerprint density at radius 3 is 2.58 bits per heavy atom. The lowest BCUT2D eigenvalue weighted by molar-refractivity contribution is 0.417. The van der Waals surface area contributed by atoms with Crippen molar-refractivity contribution in [3.63, 3.8) is 0 Å². The first-order valence-corrected chi connectivity index (χ1v) is 3.42. The van der Waals surface area contributed by atoms with E-state index in [4.69, 9.17) is 5.73 Å². The molecule has 0 aliphatic heterocycles. The van der Waals surface area contributed by atoms with Gasteiger partial charge >= 0.3 is 0 Å². The molecular weight excluding hydrogens is 167 g/mol. The minimum Gasteiger partial charge on any atom is -0.322 e. The molecule has 0 amide bonds. The summed E-state index contributed by atoms with van der Waals surface area (Å²) in [6.45, 7) is -0.902. The molecule has 66 valence electrons. The van der Waals surface area contributed by atoms with E-state index >= 15 is 0 Å². The van der Waals surface area contributed by atoms with Crippen LogP contribution in [0.1, 0.15) is 11.6 Å². The van der Waals surface area contributed by atoms with Crippen molar-refractivity contribution in [2.45, 2.75) is 6.04 Å². The summed E-state index contributed by atoms with van der Waals surface area (Å²) in [5, 5.41) is 0. The fraction of sp³-hybridized carbons (Fsp3) is 0.250. The number of hydrogen-bond donors (Lipinski definition) is 1. The highest BCUT2D eigenvalue weighted by molar-refractivity contribution is 5.22. The van der Waals surface area contributed by atoms with Crippen LogP contribution < -0.4 is 5.73 Å². The first kappa shape index (κ1) is 9.06. The van der Waals surface area contributed by atoms with Crippen LogP contribution in [-0.4, -0.2) is 6.67 Å². The predicted octanol–water partition coefficient (Wildman–Crippen LogP) is 1.93. The van der Waals surface area contributed by atoms with Gasteiger partial charge in [-0.3, -0.25) is 0 Å². The van der Waals surface area contributed by atoms with E-state index in [2.05, 4.69) is 0 Å². The molecule has 2 N–H and O–H groups in total. The van der Waals surface area contributed by atoms with Gasteiger partial charge in [0.15, 0.2) is 11.6 Å². The summed E-state index contributed by atoms with van der Waals surface area (Å²) in [5.74, 6) is -2.07. The van der Waals surface area contributed by atoms with Gasteiger partial charge in [0, 0.05) is 5.56 Å². The number of benzene rings is 1. The number of rotatable bonds is 2. The zero-order valence-electron chi connectivity index (χ0n) is 6.23. The van der Waals surface area contributed by atoms with Crippen molar-refractivity contribution in [3.8, 4) is 0 Å². The SMILES string of the molecule is N[C@H](CF)c1cccc(F)c1F. The molecule has 0 saturated heterocycles. The van der Waals surface area contributed by atoms with Gasteiger partial charge in [-0.05, 0) is 6.07 Å². The monoisotopic (exact) mass is 175 g/mol. The average Bonchev–Trinajstić information content (AvgIpc) is 2.08. The van der Waals surface area contributed by atoms with Crippen LogP contribution in [0.15, 0.2) is 18.2 Å². The summed E-state index contributed by atoms with van der Waals surface area (Å²) in [6.07, 6.45) is 0. The summed E-state index contributed by atoms with van der Waals surface area (Å²) in [6, 6.07) is 2.44. The van der Waals surface area contributed by atoms with Gasteiger partial charge in [0.25, 0.3) is 0 Å². The molecule has 0 radical (unpaired) electrons. The van der Waals surface area contributed by atoms with E-state index in [1.807, 2.05) is 0 Å². The molecular formula is C8H8F3N. The number of hydrogen-bond acceptors (Lipinski definition) is 1. The molecule has 0 heterocycles. The highest BCUT2D eigenvalue weighted by atomic mass is 19.2. The first-order valence-electron chi connectivity index (χ1n) is 3.42. The van der Waals surface area contributed by atoms with E-state index in [0.29, 0.717) is 0 Å². The summed E-state index contributed by atoms with van der Waals surface area (Å²) in [5.41, 5.74) is 5.06. The predicted molar refractivity (Wildman–Crippen MR) is 39.3 cm³/mol. The second kappa shape index (κ2) is 3.58. The molecule has 1 atom stereocenters. The minimum absolute atomic E-state index is 0.127. The van der Waals surface area contributed by atoms with Gasteiger partial charge in [0.2, 0.25) is 0 Å². The van der Waals surface area contributed by atoms with E-state index in [-0.39, 0.29) is 5.56 Å². The fourth-order valence-electron chi connectivity index (χ4n) is 0.890. The van der Waals surface area contributed by atoms with Crippen molar-refractivity contribution in [2.75, 3.05) is 6.67 Å². The van der Waals surface area contributed by atoms with E-state index in [0.717, 1.165) is 6.07 Å². The Hall–Kier alpha value is -1.03. The van der Waals surface area contributed by atoms with Crippen LogP contribution in [0.5, 0.6) is 0 Å². The Bertz CT molecular complexity index is 275. The summed E-state index contributed by atoms with van der Waals surface area (Å²) < 4.78 is 37.3. The lowest BCUT2D eigenvalue weighted by Gasteiger charge is -2.08. The van der Waals surface area contributed by atoms with Crippen molar-refractivity contribution in [3.05, 3.63) is 35.4 Å². The minimum atomic E-state index is -1.08. The highest BCUT2D eigenvalue weighted by Crippen LogP contribution is 2.17. The average molecular weight is 175 g/mol. The largest absolute Gasteiger partial charge is 0.322 e. The van der Waals surface area contributed by atoms with Gasteiger partial charge in [-0.2, -0.15) is 0 Å². The molecule has 1 nitrogen and oxygen atoms in total. The van der Waals surface area contributed by atoms with Gasteiger partial charge in [-0.15, -0.1) is 0 Å². The van der Waals surface area contributed by atoms with Crippen molar-refractivity contribution in [1.29, 1.82) is 0 Å². The molecule has 0 bridgehead atoms. The molecule has 0 aromatic heterocycles. The second-order valence-electron chi connectivity index (χ2n) is 2.40. The van der Waals surface area contributed by atoms with Crippen LogP contribution in [-0.2, 0) is 0 Å². The molecule has 0 unspecified atom stereocenters. The number of alkyl halides is 1. The maximum Gasteiger partial charge on any atom is 0.163 e.